The number of nitrogens with zero attached hydrogens (tertiary/aromatic N) is 3. The maximum absolute atomic E-state index is 12.9. The van der Waals surface area contributed by atoms with Gasteiger partial charge in [0.2, 0.25) is 0 Å². The van der Waals surface area contributed by atoms with E-state index in [0.717, 1.165) is 43.5 Å². The topological polar surface area (TPSA) is 62.3 Å². The molecule has 32 heavy (non-hydrogen) atoms. The fourth-order valence-corrected chi connectivity index (χ4v) is 4.72. The van der Waals surface area contributed by atoms with Gasteiger partial charge in [-0.15, -0.1) is 0 Å². The summed E-state index contributed by atoms with van der Waals surface area (Å²) in [5.74, 6) is 0.936. The Labute approximate surface area is 192 Å². The van der Waals surface area contributed by atoms with Crippen molar-refractivity contribution >= 4 is 34.7 Å². The lowest BCUT2D eigenvalue weighted by Crippen LogP contribution is -2.50. The molecule has 2 aromatic rings. The Morgan fingerprint density at radius 2 is 1.72 bits per heavy atom. The van der Waals surface area contributed by atoms with Crippen LogP contribution in [0.4, 0.5) is 10.5 Å². The summed E-state index contributed by atoms with van der Waals surface area (Å²) in [5, 5.41) is -0.233. The van der Waals surface area contributed by atoms with E-state index < -0.39 is 0 Å². The maximum Gasteiger partial charge on any atom is 0.294 e. The predicted molar refractivity (Wildman–Crippen MR) is 127 cm³/mol. The van der Waals surface area contributed by atoms with E-state index in [1.54, 1.807) is 32.4 Å². The molecule has 2 fully saturated rings. The highest BCUT2D eigenvalue weighted by molar-refractivity contribution is 8.18. The number of thioether (sulfide) groups is 1. The van der Waals surface area contributed by atoms with Gasteiger partial charge >= 0.3 is 0 Å². The molecule has 168 valence electrons. The van der Waals surface area contributed by atoms with Crippen molar-refractivity contribution in [1.82, 2.24) is 9.80 Å². The second-order valence-electron chi connectivity index (χ2n) is 7.81. The van der Waals surface area contributed by atoms with Gasteiger partial charge < -0.3 is 14.4 Å². The largest absolute Gasteiger partial charge is 0.493 e. The van der Waals surface area contributed by atoms with Crippen molar-refractivity contribution in [1.29, 1.82) is 0 Å². The second kappa shape index (κ2) is 9.67. The summed E-state index contributed by atoms with van der Waals surface area (Å²) in [6.07, 6.45) is 1.72. The summed E-state index contributed by atoms with van der Waals surface area (Å²) in [4.78, 5) is 31.7. The molecule has 2 saturated heterocycles. The van der Waals surface area contributed by atoms with Crippen LogP contribution in [0.3, 0.4) is 0 Å². The Balaban J connectivity index is 1.39. The van der Waals surface area contributed by atoms with E-state index in [-0.39, 0.29) is 11.1 Å². The van der Waals surface area contributed by atoms with Crippen LogP contribution >= 0.6 is 11.8 Å². The number of amides is 2. The molecule has 0 N–H and O–H groups in total. The van der Waals surface area contributed by atoms with Gasteiger partial charge in [0.25, 0.3) is 11.1 Å². The molecule has 0 unspecified atom stereocenters. The van der Waals surface area contributed by atoms with Crippen LogP contribution in [0.2, 0.25) is 0 Å². The SMILES string of the molecule is COc1ccc(/C=C2/SC(=O)N(CN3CCN(c4cccc(C)c4)CC3)C2=O)cc1OC. The van der Waals surface area contributed by atoms with Crippen molar-refractivity contribution < 1.29 is 19.1 Å². The second-order valence-corrected chi connectivity index (χ2v) is 8.80. The van der Waals surface area contributed by atoms with E-state index in [1.807, 2.05) is 6.07 Å². The molecule has 2 aliphatic heterocycles. The van der Waals surface area contributed by atoms with E-state index >= 15 is 0 Å². The first kappa shape index (κ1) is 22.2. The average Bonchev–Trinajstić information content (AvgIpc) is 3.06. The minimum absolute atomic E-state index is 0.233. The smallest absolute Gasteiger partial charge is 0.294 e. The summed E-state index contributed by atoms with van der Waals surface area (Å²) in [6.45, 7) is 5.72. The first-order valence-corrected chi connectivity index (χ1v) is 11.3. The monoisotopic (exact) mass is 453 g/mol. The molecule has 2 amide bonds. The Morgan fingerprint density at radius 1 is 0.969 bits per heavy atom. The Kier molecular flexibility index (Phi) is 6.72. The van der Waals surface area contributed by atoms with Crippen LogP contribution in [-0.2, 0) is 4.79 Å². The minimum Gasteiger partial charge on any atom is -0.493 e. The van der Waals surface area contributed by atoms with Gasteiger partial charge in [0.05, 0.1) is 25.8 Å². The molecule has 2 heterocycles. The van der Waals surface area contributed by atoms with Gasteiger partial charge in [-0.1, -0.05) is 18.2 Å². The van der Waals surface area contributed by atoms with Crippen LogP contribution in [0.5, 0.6) is 11.5 Å². The first-order valence-electron chi connectivity index (χ1n) is 10.5. The van der Waals surface area contributed by atoms with Gasteiger partial charge in [-0.3, -0.25) is 19.4 Å². The molecule has 0 spiro atoms. The van der Waals surface area contributed by atoms with Gasteiger partial charge in [-0.25, -0.2) is 0 Å². The summed E-state index contributed by atoms with van der Waals surface area (Å²) >= 11 is 0.977. The Hall–Kier alpha value is -2.97. The van der Waals surface area contributed by atoms with E-state index in [1.165, 1.54) is 16.2 Å². The molecule has 0 bridgehead atoms. The summed E-state index contributed by atoms with van der Waals surface area (Å²) in [5.41, 5.74) is 3.23. The molecule has 0 saturated carbocycles. The Morgan fingerprint density at radius 3 is 2.41 bits per heavy atom. The molecular weight excluding hydrogens is 426 g/mol. The lowest BCUT2D eigenvalue weighted by Gasteiger charge is -2.37. The van der Waals surface area contributed by atoms with Crippen LogP contribution in [0, 0.1) is 6.92 Å². The van der Waals surface area contributed by atoms with Crippen LogP contribution in [-0.4, -0.2) is 68.0 Å². The number of benzene rings is 2. The van der Waals surface area contributed by atoms with Crippen LogP contribution in [0.25, 0.3) is 6.08 Å². The van der Waals surface area contributed by atoms with Crippen molar-refractivity contribution in [3.8, 4) is 11.5 Å². The summed E-state index contributed by atoms with van der Waals surface area (Å²) in [6, 6.07) is 13.9. The van der Waals surface area contributed by atoms with Gasteiger partial charge in [0, 0.05) is 31.9 Å². The normalized spacial score (nSPS) is 18.5. The quantitative estimate of drug-likeness (QED) is 0.616. The average molecular weight is 454 g/mol. The highest BCUT2D eigenvalue weighted by Gasteiger charge is 2.36. The van der Waals surface area contributed by atoms with Crippen LogP contribution in [0.15, 0.2) is 47.4 Å². The number of piperazine rings is 1. The lowest BCUT2D eigenvalue weighted by atomic mass is 10.2. The fraction of sp³-hybridized carbons (Fsp3) is 0.333. The number of rotatable bonds is 6. The molecule has 2 aliphatic rings. The predicted octanol–water partition coefficient (Wildman–Crippen LogP) is 3.83. The number of imide groups is 1. The van der Waals surface area contributed by atoms with E-state index in [4.69, 9.17) is 9.47 Å². The molecule has 8 heteroatoms. The van der Waals surface area contributed by atoms with E-state index in [9.17, 15) is 9.59 Å². The first-order chi connectivity index (χ1) is 15.5. The van der Waals surface area contributed by atoms with Gasteiger partial charge in [-0.2, -0.15) is 0 Å². The number of aryl methyl sites for hydroxylation is 1. The number of methoxy groups -OCH3 is 2. The third kappa shape index (κ3) is 4.76. The molecular formula is C24H27N3O4S. The molecule has 2 aromatic carbocycles. The fourth-order valence-electron chi connectivity index (χ4n) is 3.89. The maximum atomic E-state index is 12.9. The zero-order valence-electron chi connectivity index (χ0n) is 18.5. The Bertz CT molecular complexity index is 1050. The molecule has 7 nitrogen and oxygen atoms in total. The number of carbonyl (C=O) groups is 2. The standard InChI is InChI=1S/C24H27N3O4S/c1-17-5-4-6-19(13-17)26-11-9-25(10-12-26)16-27-23(28)22(32-24(27)29)15-18-7-8-20(30-2)21(14-18)31-3/h4-8,13-15H,9-12,16H2,1-3H3/b22-15+. The third-order valence-electron chi connectivity index (χ3n) is 5.66. The zero-order valence-corrected chi connectivity index (χ0v) is 19.4. The molecule has 0 aromatic heterocycles. The number of anilines is 1. The highest BCUT2D eigenvalue weighted by atomic mass is 32.2. The molecule has 0 atom stereocenters. The van der Waals surface area contributed by atoms with Gasteiger partial charge in [0.15, 0.2) is 11.5 Å². The third-order valence-corrected chi connectivity index (χ3v) is 6.57. The number of hydrogen-bond donors (Lipinski definition) is 0. The number of carbonyl (C=O) groups excluding carboxylic acids is 2. The van der Waals surface area contributed by atoms with Crippen LogP contribution in [0.1, 0.15) is 11.1 Å². The summed E-state index contributed by atoms with van der Waals surface area (Å²) in [7, 11) is 3.14. The highest BCUT2D eigenvalue weighted by Crippen LogP contribution is 2.34. The van der Waals surface area contributed by atoms with Crippen molar-refractivity contribution in [2.45, 2.75) is 6.92 Å². The van der Waals surface area contributed by atoms with Gasteiger partial charge in [-0.05, 0) is 60.2 Å². The summed E-state index contributed by atoms with van der Waals surface area (Å²) < 4.78 is 10.6. The van der Waals surface area contributed by atoms with Crippen molar-refractivity contribution in [2.75, 3.05) is 52.0 Å². The molecule has 0 aliphatic carbocycles. The minimum atomic E-state index is -0.254. The van der Waals surface area contributed by atoms with E-state index in [2.05, 4.69) is 41.0 Å². The van der Waals surface area contributed by atoms with Crippen molar-refractivity contribution in [3.63, 3.8) is 0 Å². The zero-order chi connectivity index (χ0) is 22.7. The van der Waals surface area contributed by atoms with Crippen LogP contribution < -0.4 is 14.4 Å². The molecule has 4 rings (SSSR count). The van der Waals surface area contributed by atoms with Gasteiger partial charge in [0.1, 0.15) is 0 Å². The van der Waals surface area contributed by atoms with Crippen molar-refractivity contribution in [3.05, 3.63) is 58.5 Å². The van der Waals surface area contributed by atoms with E-state index in [0.29, 0.717) is 23.1 Å². The van der Waals surface area contributed by atoms with Crippen molar-refractivity contribution in [2.24, 2.45) is 0 Å². The molecule has 0 radical (unpaired) electrons. The number of hydrogen-bond acceptors (Lipinski definition) is 7. The lowest BCUT2D eigenvalue weighted by molar-refractivity contribution is -0.124. The number of ether oxygens (including phenoxy) is 2.